The van der Waals surface area contributed by atoms with Gasteiger partial charge in [-0.3, -0.25) is 4.79 Å². The van der Waals surface area contributed by atoms with Gasteiger partial charge in [-0.2, -0.15) is 0 Å². The van der Waals surface area contributed by atoms with Crippen LogP contribution in [0.3, 0.4) is 0 Å². The number of nitrogens with zero attached hydrogens (tertiary/aromatic N) is 1. The largest absolute Gasteiger partial charge is 0.475 e. The van der Waals surface area contributed by atoms with Crippen LogP contribution in [-0.2, 0) is 4.74 Å². The standard InChI is InChI=1S/C11H15NO6/c1-17-7-5-12(4-6-13)10(14)8-2-3-9(18-8)11(15)16/h2-3,13H,4-7H2,1H3,(H,15,16). The van der Waals surface area contributed by atoms with Crippen LogP contribution in [0.2, 0.25) is 0 Å². The predicted molar refractivity (Wildman–Crippen MR) is 60.5 cm³/mol. The Kier molecular flexibility index (Phi) is 5.34. The van der Waals surface area contributed by atoms with Gasteiger partial charge in [-0.25, -0.2) is 4.79 Å². The molecule has 0 aliphatic heterocycles. The molecular weight excluding hydrogens is 242 g/mol. The Labute approximate surface area is 104 Å². The average molecular weight is 257 g/mol. The molecule has 0 radical (unpaired) electrons. The smallest absolute Gasteiger partial charge is 0.371 e. The number of carbonyl (C=O) groups is 2. The summed E-state index contributed by atoms with van der Waals surface area (Å²) < 4.78 is 9.75. The molecule has 0 fully saturated rings. The highest BCUT2D eigenvalue weighted by atomic mass is 16.5. The van der Waals surface area contributed by atoms with Crippen LogP contribution in [0.15, 0.2) is 16.5 Å². The van der Waals surface area contributed by atoms with Crippen molar-refractivity contribution in [2.75, 3.05) is 33.4 Å². The van der Waals surface area contributed by atoms with E-state index in [-0.39, 0.29) is 24.7 Å². The molecule has 0 aliphatic rings. The third-order valence-corrected chi connectivity index (χ3v) is 2.25. The Hall–Kier alpha value is -1.86. The first-order valence-corrected chi connectivity index (χ1v) is 5.32. The zero-order valence-corrected chi connectivity index (χ0v) is 9.96. The van der Waals surface area contributed by atoms with Crippen LogP contribution in [0.4, 0.5) is 0 Å². The van der Waals surface area contributed by atoms with Crippen molar-refractivity contribution in [3.63, 3.8) is 0 Å². The second-order valence-corrected chi connectivity index (χ2v) is 3.48. The maximum absolute atomic E-state index is 11.9. The van der Waals surface area contributed by atoms with E-state index in [4.69, 9.17) is 19.4 Å². The van der Waals surface area contributed by atoms with E-state index in [0.29, 0.717) is 13.2 Å². The van der Waals surface area contributed by atoms with Gasteiger partial charge in [-0.15, -0.1) is 0 Å². The second-order valence-electron chi connectivity index (χ2n) is 3.48. The van der Waals surface area contributed by atoms with Crippen molar-refractivity contribution < 1.29 is 29.0 Å². The molecule has 0 saturated heterocycles. The zero-order valence-electron chi connectivity index (χ0n) is 9.96. The van der Waals surface area contributed by atoms with Crippen molar-refractivity contribution in [1.29, 1.82) is 0 Å². The number of hydrogen-bond acceptors (Lipinski definition) is 5. The van der Waals surface area contributed by atoms with Crippen LogP contribution < -0.4 is 0 Å². The molecule has 7 nitrogen and oxygen atoms in total. The first-order chi connectivity index (χ1) is 8.60. The predicted octanol–water partition coefficient (Wildman–Crippen LogP) is 0.0587. The number of carboxylic acid groups (broad SMARTS) is 1. The minimum atomic E-state index is -1.24. The summed E-state index contributed by atoms with van der Waals surface area (Å²) >= 11 is 0. The number of aliphatic hydroxyl groups excluding tert-OH is 1. The first kappa shape index (κ1) is 14.2. The molecule has 0 atom stereocenters. The van der Waals surface area contributed by atoms with Crippen LogP contribution in [0.25, 0.3) is 0 Å². The van der Waals surface area contributed by atoms with E-state index in [1.54, 1.807) is 0 Å². The van der Waals surface area contributed by atoms with Crippen LogP contribution in [0.5, 0.6) is 0 Å². The number of amides is 1. The van der Waals surface area contributed by atoms with Gasteiger partial charge in [0, 0.05) is 20.2 Å². The van der Waals surface area contributed by atoms with Gasteiger partial charge in [0.05, 0.1) is 13.2 Å². The fourth-order valence-corrected chi connectivity index (χ4v) is 1.36. The van der Waals surface area contributed by atoms with Gasteiger partial charge in [0.2, 0.25) is 5.76 Å². The lowest BCUT2D eigenvalue weighted by atomic mass is 10.3. The summed E-state index contributed by atoms with van der Waals surface area (Å²) in [6.45, 7) is 0.546. The summed E-state index contributed by atoms with van der Waals surface area (Å²) in [6, 6.07) is 2.51. The number of aromatic carboxylic acids is 1. The van der Waals surface area contributed by atoms with E-state index in [2.05, 4.69) is 0 Å². The van der Waals surface area contributed by atoms with Crippen molar-refractivity contribution >= 4 is 11.9 Å². The highest BCUT2D eigenvalue weighted by molar-refractivity contribution is 5.93. The van der Waals surface area contributed by atoms with Gasteiger partial charge < -0.3 is 24.3 Å². The maximum Gasteiger partial charge on any atom is 0.371 e. The molecule has 1 aromatic rings. The average Bonchev–Trinajstić information content (AvgIpc) is 2.83. The monoisotopic (exact) mass is 257 g/mol. The Morgan fingerprint density at radius 1 is 1.33 bits per heavy atom. The summed E-state index contributed by atoms with van der Waals surface area (Å²) in [6.07, 6.45) is 0. The van der Waals surface area contributed by atoms with Crippen molar-refractivity contribution in [2.45, 2.75) is 0 Å². The van der Waals surface area contributed by atoms with E-state index in [0.717, 1.165) is 0 Å². The molecule has 2 N–H and O–H groups in total. The number of carboxylic acids is 1. The molecular formula is C11H15NO6. The summed E-state index contributed by atoms with van der Waals surface area (Å²) in [7, 11) is 1.50. The molecule has 0 spiro atoms. The minimum Gasteiger partial charge on any atom is -0.475 e. The number of ether oxygens (including phenoxy) is 1. The topological polar surface area (TPSA) is 100 Å². The van der Waals surface area contributed by atoms with Gasteiger partial charge in [0.1, 0.15) is 0 Å². The van der Waals surface area contributed by atoms with Gasteiger partial charge in [0.25, 0.3) is 5.91 Å². The fourth-order valence-electron chi connectivity index (χ4n) is 1.36. The molecule has 100 valence electrons. The number of aliphatic hydroxyl groups is 1. The molecule has 1 amide bonds. The zero-order chi connectivity index (χ0) is 13.5. The van der Waals surface area contributed by atoms with E-state index in [1.807, 2.05) is 0 Å². The van der Waals surface area contributed by atoms with Crippen LogP contribution in [0.1, 0.15) is 21.1 Å². The number of hydrogen-bond donors (Lipinski definition) is 2. The number of carbonyl (C=O) groups excluding carboxylic acids is 1. The molecule has 1 rings (SSSR count). The van der Waals surface area contributed by atoms with Gasteiger partial charge in [-0.05, 0) is 12.1 Å². The summed E-state index contributed by atoms with van der Waals surface area (Å²) in [5.41, 5.74) is 0. The van der Waals surface area contributed by atoms with E-state index in [9.17, 15) is 9.59 Å². The van der Waals surface area contributed by atoms with E-state index >= 15 is 0 Å². The molecule has 0 aromatic carbocycles. The van der Waals surface area contributed by atoms with Gasteiger partial charge >= 0.3 is 5.97 Å². The lowest BCUT2D eigenvalue weighted by molar-refractivity contribution is 0.0607. The molecule has 0 unspecified atom stereocenters. The van der Waals surface area contributed by atoms with E-state index < -0.39 is 11.9 Å². The quantitative estimate of drug-likeness (QED) is 0.716. The first-order valence-electron chi connectivity index (χ1n) is 5.32. The lowest BCUT2D eigenvalue weighted by Gasteiger charge is -2.19. The molecule has 1 aromatic heterocycles. The lowest BCUT2D eigenvalue weighted by Crippen LogP contribution is -2.36. The summed E-state index contributed by atoms with van der Waals surface area (Å²) in [4.78, 5) is 23.9. The Bertz CT molecular complexity index is 413. The molecule has 1 heterocycles. The number of furan rings is 1. The minimum absolute atomic E-state index is 0.0723. The van der Waals surface area contributed by atoms with E-state index in [1.165, 1.54) is 24.1 Å². The van der Waals surface area contributed by atoms with Crippen molar-refractivity contribution in [1.82, 2.24) is 4.90 Å². The third-order valence-electron chi connectivity index (χ3n) is 2.25. The number of rotatable bonds is 7. The van der Waals surface area contributed by atoms with Crippen LogP contribution >= 0.6 is 0 Å². The van der Waals surface area contributed by atoms with Crippen molar-refractivity contribution in [2.24, 2.45) is 0 Å². The second kappa shape index (κ2) is 6.77. The molecule has 7 heteroatoms. The highest BCUT2D eigenvalue weighted by Gasteiger charge is 2.20. The molecule has 0 bridgehead atoms. The summed E-state index contributed by atoms with van der Waals surface area (Å²) in [5, 5.41) is 17.6. The van der Waals surface area contributed by atoms with Gasteiger partial charge in [-0.1, -0.05) is 0 Å². The third kappa shape index (κ3) is 3.57. The Morgan fingerprint density at radius 3 is 2.50 bits per heavy atom. The summed E-state index contributed by atoms with van der Waals surface area (Å²) in [5.74, 6) is -2.08. The molecule has 0 aliphatic carbocycles. The van der Waals surface area contributed by atoms with Gasteiger partial charge in [0.15, 0.2) is 5.76 Å². The Balaban J connectivity index is 2.77. The highest BCUT2D eigenvalue weighted by Crippen LogP contribution is 2.10. The number of methoxy groups -OCH3 is 1. The van der Waals surface area contributed by atoms with Crippen molar-refractivity contribution in [3.05, 3.63) is 23.7 Å². The Morgan fingerprint density at radius 2 is 2.00 bits per heavy atom. The van der Waals surface area contributed by atoms with Crippen LogP contribution in [0, 0.1) is 0 Å². The normalized spacial score (nSPS) is 10.3. The maximum atomic E-state index is 11.9. The molecule has 18 heavy (non-hydrogen) atoms. The molecule has 0 saturated carbocycles. The fraction of sp³-hybridized carbons (Fsp3) is 0.455. The van der Waals surface area contributed by atoms with Crippen LogP contribution in [-0.4, -0.2) is 60.4 Å². The SMILES string of the molecule is COCCN(CCO)C(=O)c1ccc(C(=O)O)o1. The van der Waals surface area contributed by atoms with Crippen molar-refractivity contribution in [3.8, 4) is 0 Å².